The summed E-state index contributed by atoms with van der Waals surface area (Å²) in [5.74, 6) is 0.769. The standard InChI is InChI=1S/C21H22FN5O/c1-14-11-27(21-18-9-16(22)2-3-19(18)24-13-25-21)12-15-8-17(10-23-20(14)15)26-4-6-28-7-5-26/h2-3,8-10,13-14H,4-7,11-12H2,1H3. The van der Waals surface area contributed by atoms with Crippen LogP contribution >= 0.6 is 0 Å². The molecule has 0 radical (unpaired) electrons. The van der Waals surface area contributed by atoms with Gasteiger partial charge in [-0.2, -0.15) is 0 Å². The van der Waals surface area contributed by atoms with Gasteiger partial charge in [-0.1, -0.05) is 6.92 Å². The van der Waals surface area contributed by atoms with Gasteiger partial charge in [0.05, 0.1) is 36.3 Å². The quantitative estimate of drug-likeness (QED) is 0.682. The van der Waals surface area contributed by atoms with E-state index in [0.717, 1.165) is 61.0 Å². The first-order valence-corrected chi connectivity index (χ1v) is 9.66. The maximum atomic E-state index is 13.9. The van der Waals surface area contributed by atoms with E-state index in [-0.39, 0.29) is 11.7 Å². The van der Waals surface area contributed by atoms with Crippen LogP contribution in [0, 0.1) is 5.82 Å². The summed E-state index contributed by atoms with van der Waals surface area (Å²) in [7, 11) is 0. The average molecular weight is 379 g/mol. The second kappa shape index (κ2) is 6.98. The van der Waals surface area contributed by atoms with Crippen molar-refractivity contribution in [3.63, 3.8) is 0 Å². The summed E-state index contributed by atoms with van der Waals surface area (Å²) in [6, 6.07) is 6.90. The van der Waals surface area contributed by atoms with E-state index in [9.17, 15) is 4.39 Å². The van der Waals surface area contributed by atoms with E-state index in [4.69, 9.17) is 9.72 Å². The van der Waals surface area contributed by atoms with Crippen LogP contribution in [0.4, 0.5) is 15.9 Å². The molecule has 0 aliphatic carbocycles. The Morgan fingerprint density at radius 1 is 1.07 bits per heavy atom. The summed E-state index contributed by atoms with van der Waals surface area (Å²) in [6.07, 6.45) is 3.53. The molecule has 0 spiro atoms. The molecular weight excluding hydrogens is 357 g/mol. The molecule has 0 saturated carbocycles. The number of aromatic nitrogens is 3. The number of nitrogens with zero attached hydrogens (tertiary/aromatic N) is 5. The highest BCUT2D eigenvalue weighted by molar-refractivity contribution is 5.89. The normalized spacial score (nSPS) is 19.7. The molecule has 1 unspecified atom stereocenters. The van der Waals surface area contributed by atoms with E-state index in [1.807, 2.05) is 6.20 Å². The summed E-state index contributed by atoms with van der Waals surface area (Å²) < 4.78 is 19.3. The lowest BCUT2D eigenvalue weighted by atomic mass is 9.95. The third-order valence-corrected chi connectivity index (χ3v) is 5.56. The molecule has 1 saturated heterocycles. The van der Waals surface area contributed by atoms with Crippen LogP contribution in [0.25, 0.3) is 10.9 Å². The minimum absolute atomic E-state index is 0.265. The van der Waals surface area contributed by atoms with Crippen LogP contribution in [-0.2, 0) is 11.3 Å². The van der Waals surface area contributed by atoms with Gasteiger partial charge in [-0.25, -0.2) is 14.4 Å². The summed E-state index contributed by atoms with van der Waals surface area (Å²) in [5.41, 5.74) is 4.23. The Hall–Kier alpha value is -2.80. The number of morpholine rings is 1. The van der Waals surface area contributed by atoms with Crippen LogP contribution in [-0.4, -0.2) is 47.8 Å². The van der Waals surface area contributed by atoms with Crippen LogP contribution < -0.4 is 9.80 Å². The number of rotatable bonds is 2. The molecule has 3 aromatic rings. The molecule has 2 aromatic heterocycles. The van der Waals surface area contributed by atoms with Crippen LogP contribution in [0.15, 0.2) is 36.8 Å². The van der Waals surface area contributed by atoms with Crippen LogP contribution in [0.1, 0.15) is 24.1 Å². The smallest absolute Gasteiger partial charge is 0.140 e. The summed E-state index contributed by atoms with van der Waals surface area (Å²) in [4.78, 5) is 18.1. The number of pyridine rings is 1. The molecule has 1 fully saturated rings. The number of hydrogen-bond donors (Lipinski definition) is 0. The Balaban J connectivity index is 1.51. The number of ether oxygens (including phenoxy) is 1. The summed E-state index contributed by atoms with van der Waals surface area (Å²) in [6.45, 7) is 6.94. The molecule has 0 N–H and O–H groups in total. The first-order valence-electron chi connectivity index (χ1n) is 9.66. The van der Waals surface area contributed by atoms with Gasteiger partial charge in [0.15, 0.2) is 0 Å². The lowest BCUT2D eigenvalue weighted by molar-refractivity contribution is 0.122. The number of fused-ring (bicyclic) bond motifs is 2. The van der Waals surface area contributed by atoms with Gasteiger partial charge in [0.25, 0.3) is 0 Å². The third-order valence-electron chi connectivity index (χ3n) is 5.56. The van der Waals surface area contributed by atoms with Gasteiger partial charge in [-0.3, -0.25) is 4.98 Å². The fourth-order valence-corrected chi connectivity index (χ4v) is 4.19. The molecule has 0 amide bonds. The molecule has 2 aliphatic rings. The molecule has 144 valence electrons. The molecule has 6 nitrogen and oxygen atoms in total. The Kier molecular flexibility index (Phi) is 4.31. The summed E-state index contributed by atoms with van der Waals surface area (Å²) in [5, 5.41) is 0.746. The van der Waals surface area contributed by atoms with Crippen LogP contribution in [0.5, 0.6) is 0 Å². The number of halogens is 1. The summed E-state index contributed by atoms with van der Waals surface area (Å²) >= 11 is 0. The monoisotopic (exact) mass is 379 g/mol. The molecule has 5 rings (SSSR count). The second-order valence-corrected chi connectivity index (χ2v) is 7.48. The first kappa shape index (κ1) is 17.3. The molecule has 2 aliphatic heterocycles. The van der Waals surface area contributed by atoms with Crippen molar-refractivity contribution in [2.45, 2.75) is 19.4 Å². The topological polar surface area (TPSA) is 54.4 Å². The molecule has 0 bridgehead atoms. The van der Waals surface area contributed by atoms with Crippen molar-refractivity contribution in [1.29, 1.82) is 0 Å². The Morgan fingerprint density at radius 2 is 1.93 bits per heavy atom. The maximum absolute atomic E-state index is 13.9. The van der Waals surface area contributed by atoms with Gasteiger partial charge in [0, 0.05) is 37.5 Å². The van der Waals surface area contributed by atoms with Crippen molar-refractivity contribution in [2.24, 2.45) is 0 Å². The minimum atomic E-state index is -0.273. The fraction of sp³-hybridized carbons (Fsp3) is 0.381. The number of benzene rings is 1. The van der Waals surface area contributed by atoms with Gasteiger partial charge in [0.2, 0.25) is 0 Å². The van der Waals surface area contributed by atoms with Gasteiger partial charge >= 0.3 is 0 Å². The first-order chi connectivity index (χ1) is 13.7. The van der Waals surface area contributed by atoms with Crippen molar-refractivity contribution in [3.05, 3.63) is 53.9 Å². The zero-order valence-corrected chi connectivity index (χ0v) is 15.8. The van der Waals surface area contributed by atoms with Crippen molar-refractivity contribution in [3.8, 4) is 0 Å². The second-order valence-electron chi connectivity index (χ2n) is 7.48. The Morgan fingerprint density at radius 3 is 2.79 bits per heavy atom. The van der Waals surface area contributed by atoms with E-state index in [0.29, 0.717) is 6.54 Å². The SMILES string of the molecule is CC1CN(c2ncnc3ccc(F)cc23)Cc2cc(N3CCOCC3)cnc21. The minimum Gasteiger partial charge on any atom is -0.378 e. The zero-order chi connectivity index (χ0) is 19.1. The molecule has 1 atom stereocenters. The molecular formula is C21H22FN5O. The van der Waals surface area contributed by atoms with E-state index in [2.05, 4.69) is 32.8 Å². The molecule has 1 aromatic carbocycles. The van der Waals surface area contributed by atoms with E-state index in [1.165, 1.54) is 17.7 Å². The zero-order valence-electron chi connectivity index (χ0n) is 15.8. The van der Waals surface area contributed by atoms with E-state index in [1.54, 1.807) is 12.4 Å². The van der Waals surface area contributed by atoms with E-state index < -0.39 is 0 Å². The lowest BCUT2D eigenvalue weighted by Gasteiger charge is -2.35. The number of anilines is 2. The lowest BCUT2D eigenvalue weighted by Crippen LogP contribution is -2.37. The molecule has 4 heterocycles. The highest BCUT2D eigenvalue weighted by Gasteiger charge is 2.27. The van der Waals surface area contributed by atoms with Gasteiger partial charge in [-0.15, -0.1) is 0 Å². The Bertz CT molecular complexity index is 1020. The average Bonchev–Trinajstić information content (AvgIpc) is 2.73. The Labute approximate surface area is 163 Å². The predicted octanol–water partition coefficient (Wildman–Crippen LogP) is 3.12. The van der Waals surface area contributed by atoms with Gasteiger partial charge in [-0.05, 0) is 29.8 Å². The highest BCUT2D eigenvalue weighted by Crippen LogP contribution is 2.34. The van der Waals surface area contributed by atoms with Gasteiger partial charge < -0.3 is 14.5 Å². The predicted molar refractivity (Wildman–Crippen MR) is 106 cm³/mol. The van der Waals surface area contributed by atoms with Crippen LogP contribution in [0.2, 0.25) is 0 Å². The molecule has 7 heteroatoms. The van der Waals surface area contributed by atoms with Crippen molar-refractivity contribution in [2.75, 3.05) is 42.6 Å². The van der Waals surface area contributed by atoms with Crippen molar-refractivity contribution in [1.82, 2.24) is 15.0 Å². The van der Waals surface area contributed by atoms with Crippen LogP contribution in [0.3, 0.4) is 0 Å². The molecule has 28 heavy (non-hydrogen) atoms. The third kappa shape index (κ3) is 3.05. The highest BCUT2D eigenvalue weighted by atomic mass is 19.1. The van der Waals surface area contributed by atoms with Crippen molar-refractivity contribution >= 4 is 22.4 Å². The number of hydrogen-bond acceptors (Lipinski definition) is 6. The van der Waals surface area contributed by atoms with Gasteiger partial charge in [0.1, 0.15) is 18.0 Å². The fourth-order valence-electron chi connectivity index (χ4n) is 4.19. The van der Waals surface area contributed by atoms with Crippen molar-refractivity contribution < 1.29 is 9.13 Å². The van der Waals surface area contributed by atoms with E-state index >= 15 is 0 Å². The largest absolute Gasteiger partial charge is 0.378 e. The maximum Gasteiger partial charge on any atom is 0.140 e.